The van der Waals surface area contributed by atoms with E-state index in [1.807, 2.05) is 0 Å². The standard InChI is InChI=1S/C14H18N2O4/c17-8-7-16(11-5-6-11)14(20)15-12-4-2-1-3-10(12)9-13(18)19/h1-4,11,17H,5-9H2,(H,15,20)(H,18,19). The smallest absolute Gasteiger partial charge is 0.322 e. The van der Waals surface area contributed by atoms with Gasteiger partial charge in [-0.25, -0.2) is 4.79 Å². The van der Waals surface area contributed by atoms with Crippen molar-refractivity contribution >= 4 is 17.7 Å². The Bertz CT molecular complexity index is 500. The Morgan fingerprint density at radius 3 is 2.60 bits per heavy atom. The first-order chi connectivity index (χ1) is 9.61. The van der Waals surface area contributed by atoms with Crippen molar-refractivity contribution in [1.82, 2.24) is 4.90 Å². The van der Waals surface area contributed by atoms with Gasteiger partial charge in [-0.15, -0.1) is 0 Å². The van der Waals surface area contributed by atoms with Gasteiger partial charge in [-0.3, -0.25) is 4.79 Å². The Morgan fingerprint density at radius 2 is 2.00 bits per heavy atom. The van der Waals surface area contributed by atoms with E-state index in [1.54, 1.807) is 29.2 Å². The van der Waals surface area contributed by atoms with Crippen molar-refractivity contribution in [2.45, 2.75) is 25.3 Å². The van der Waals surface area contributed by atoms with Crippen LogP contribution in [0.4, 0.5) is 10.5 Å². The van der Waals surface area contributed by atoms with Gasteiger partial charge in [0.25, 0.3) is 0 Å². The molecule has 0 aromatic heterocycles. The highest BCUT2D eigenvalue weighted by Crippen LogP contribution is 2.27. The zero-order valence-corrected chi connectivity index (χ0v) is 11.1. The van der Waals surface area contributed by atoms with Gasteiger partial charge < -0.3 is 20.4 Å². The molecule has 1 aliphatic rings. The number of aliphatic hydroxyl groups excluding tert-OH is 1. The van der Waals surface area contributed by atoms with Crippen LogP contribution in [0.2, 0.25) is 0 Å². The number of aliphatic carboxylic acids is 1. The molecular formula is C14H18N2O4. The zero-order valence-electron chi connectivity index (χ0n) is 11.1. The molecule has 1 aliphatic carbocycles. The maximum absolute atomic E-state index is 12.2. The Balaban J connectivity index is 2.08. The van der Waals surface area contributed by atoms with Gasteiger partial charge in [0, 0.05) is 18.3 Å². The van der Waals surface area contributed by atoms with Gasteiger partial charge in [0.2, 0.25) is 0 Å². The first-order valence-electron chi connectivity index (χ1n) is 6.60. The molecule has 1 aromatic rings. The minimum Gasteiger partial charge on any atom is -0.481 e. The summed E-state index contributed by atoms with van der Waals surface area (Å²) in [4.78, 5) is 24.6. The number of benzene rings is 1. The van der Waals surface area contributed by atoms with Crippen molar-refractivity contribution in [3.63, 3.8) is 0 Å². The summed E-state index contributed by atoms with van der Waals surface area (Å²) in [5, 5.41) is 20.6. The third kappa shape index (κ3) is 3.71. The van der Waals surface area contributed by atoms with E-state index in [0.717, 1.165) is 12.8 Å². The molecule has 0 radical (unpaired) electrons. The number of urea groups is 1. The fourth-order valence-corrected chi connectivity index (χ4v) is 2.09. The molecule has 108 valence electrons. The molecule has 6 heteroatoms. The minimum absolute atomic E-state index is 0.0826. The number of carbonyl (C=O) groups is 2. The summed E-state index contributed by atoms with van der Waals surface area (Å²) < 4.78 is 0. The number of amides is 2. The number of aliphatic hydroxyl groups is 1. The summed E-state index contributed by atoms with van der Waals surface area (Å²) in [5.74, 6) is -0.943. The highest BCUT2D eigenvalue weighted by molar-refractivity contribution is 5.91. The molecule has 1 fully saturated rings. The van der Waals surface area contributed by atoms with Crippen LogP contribution in [0.3, 0.4) is 0 Å². The Labute approximate surface area is 117 Å². The molecule has 0 saturated heterocycles. The van der Waals surface area contributed by atoms with E-state index >= 15 is 0 Å². The van der Waals surface area contributed by atoms with Crippen LogP contribution in [0.1, 0.15) is 18.4 Å². The number of hydrogen-bond acceptors (Lipinski definition) is 3. The van der Waals surface area contributed by atoms with Crippen molar-refractivity contribution < 1.29 is 19.8 Å². The molecule has 2 rings (SSSR count). The van der Waals surface area contributed by atoms with E-state index in [4.69, 9.17) is 10.2 Å². The van der Waals surface area contributed by atoms with Gasteiger partial charge >= 0.3 is 12.0 Å². The molecule has 1 aromatic carbocycles. The number of carbonyl (C=O) groups excluding carboxylic acids is 1. The normalized spacial score (nSPS) is 13.8. The van der Waals surface area contributed by atoms with Gasteiger partial charge in [0.15, 0.2) is 0 Å². The number of carboxylic acids is 1. The predicted octanol–water partition coefficient (Wildman–Crippen LogP) is 1.30. The van der Waals surface area contributed by atoms with Crippen molar-refractivity contribution in [1.29, 1.82) is 0 Å². The van der Waals surface area contributed by atoms with Crippen LogP contribution in [-0.2, 0) is 11.2 Å². The lowest BCUT2D eigenvalue weighted by atomic mass is 10.1. The van der Waals surface area contributed by atoms with Crippen LogP contribution in [0.5, 0.6) is 0 Å². The number of rotatable bonds is 6. The second-order valence-electron chi connectivity index (χ2n) is 4.81. The average molecular weight is 278 g/mol. The van der Waals surface area contributed by atoms with E-state index in [2.05, 4.69) is 5.32 Å². The Morgan fingerprint density at radius 1 is 1.30 bits per heavy atom. The Kier molecular flexibility index (Phi) is 4.57. The van der Waals surface area contributed by atoms with Gasteiger partial charge in [-0.2, -0.15) is 0 Å². The van der Waals surface area contributed by atoms with Gasteiger partial charge in [0.05, 0.1) is 13.0 Å². The van der Waals surface area contributed by atoms with Crippen molar-refractivity contribution in [3.8, 4) is 0 Å². The van der Waals surface area contributed by atoms with Crippen LogP contribution in [-0.4, -0.2) is 46.3 Å². The topological polar surface area (TPSA) is 89.9 Å². The summed E-state index contributed by atoms with van der Waals surface area (Å²) in [5.41, 5.74) is 1.07. The fraction of sp³-hybridized carbons (Fsp3) is 0.429. The second kappa shape index (κ2) is 6.38. The number of anilines is 1. The summed E-state index contributed by atoms with van der Waals surface area (Å²) >= 11 is 0. The molecule has 6 nitrogen and oxygen atoms in total. The van der Waals surface area contributed by atoms with Crippen LogP contribution in [0.15, 0.2) is 24.3 Å². The van der Waals surface area contributed by atoms with Crippen molar-refractivity contribution in [2.75, 3.05) is 18.5 Å². The van der Waals surface area contributed by atoms with Crippen molar-refractivity contribution in [2.24, 2.45) is 0 Å². The molecule has 0 heterocycles. The summed E-state index contributed by atoms with van der Waals surface area (Å²) in [6.45, 7) is 0.207. The molecule has 0 spiro atoms. The first kappa shape index (κ1) is 14.3. The number of carboxylic acid groups (broad SMARTS) is 1. The predicted molar refractivity (Wildman–Crippen MR) is 73.6 cm³/mol. The summed E-state index contributed by atoms with van der Waals surface area (Å²) in [6, 6.07) is 6.74. The number of nitrogens with one attached hydrogen (secondary N) is 1. The lowest BCUT2D eigenvalue weighted by molar-refractivity contribution is -0.136. The van der Waals surface area contributed by atoms with Gasteiger partial charge in [-0.05, 0) is 24.5 Å². The molecule has 0 bridgehead atoms. The SMILES string of the molecule is O=C(O)Cc1ccccc1NC(=O)N(CCO)C1CC1. The molecule has 2 amide bonds. The molecule has 0 unspecified atom stereocenters. The van der Waals surface area contributed by atoms with E-state index in [9.17, 15) is 9.59 Å². The monoisotopic (exact) mass is 278 g/mol. The lowest BCUT2D eigenvalue weighted by Gasteiger charge is -2.22. The molecule has 3 N–H and O–H groups in total. The second-order valence-corrected chi connectivity index (χ2v) is 4.81. The lowest BCUT2D eigenvalue weighted by Crippen LogP contribution is -2.38. The quantitative estimate of drug-likeness (QED) is 0.731. The third-order valence-electron chi connectivity index (χ3n) is 3.19. The highest BCUT2D eigenvalue weighted by atomic mass is 16.4. The van der Waals surface area contributed by atoms with Crippen LogP contribution >= 0.6 is 0 Å². The molecule has 1 saturated carbocycles. The first-order valence-corrected chi connectivity index (χ1v) is 6.60. The van der Waals surface area contributed by atoms with Gasteiger partial charge in [0.1, 0.15) is 0 Å². The van der Waals surface area contributed by atoms with Crippen LogP contribution in [0, 0.1) is 0 Å². The summed E-state index contributed by atoms with van der Waals surface area (Å²) in [7, 11) is 0. The molecular weight excluding hydrogens is 260 g/mol. The summed E-state index contributed by atoms with van der Waals surface area (Å²) in [6.07, 6.45) is 1.76. The maximum atomic E-state index is 12.2. The fourth-order valence-electron chi connectivity index (χ4n) is 2.09. The van der Waals surface area contributed by atoms with Crippen molar-refractivity contribution in [3.05, 3.63) is 29.8 Å². The Hall–Kier alpha value is -2.08. The van der Waals surface area contributed by atoms with E-state index in [-0.39, 0.29) is 31.6 Å². The van der Waals surface area contributed by atoms with E-state index in [0.29, 0.717) is 11.3 Å². The maximum Gasteiger partial charge on any atom is 0.322 e. The number of hydrogen-bond donors (Lipinski definition) is 3. The third-order valence-corrected chi connectivity index (χ3v) is 3.19. The largest absolute Gasteiger partial charge is 0.481 e. The van der Waals surface area contributed by atoms with Crippen LogP contribution in [0.25, 0.3) is 0 Å². The average Bonchev–Trinajstić information content (AvgIpc) is 3.22. The number of para-hydroxylation sites is 1. The molecule has 20 heavy (non-hydrogen) atoms. The number of nitrogens with zero attached hydrogens (tertiary/aromatic N) is 1. The van der Waals surface area contributed by atoms with E-state index < -0.39 is 5.97 Å². The van der Waals surface area contributed by atoms with E-state index in [1.165, 1.54) is 0 Å². The van der Waals surface area contributed by atoms with Gasteiger partial charge in [-0.1, -0.05) is 18.2 Å². The molecule has 0 atom stereocenters. The molecule has 0 aliphatic heterocycles. The minimum atomic E-state index is -0.943. The zero-order chi connectivity index (χ0) is 14.5. The van der Waals surface area contributed by atoms with Crippen LogP contribution < -0.4 is 5.32 Å². The highest BCUT2D eigenvalue weighted by Gasteiger charge is 2.32.